The molecule has 1 aliphatic heterocycles. The second-order valence-electron chi connectivity index (χ2n) is 4.99. The van der Waals surface area contributed by atoms with Crippen LogP contribution in [0.4, 0.5) is 4.79 Å². The lowest BCUT2D eigenvalue weighted by Gasteiger charge is -2.21. The van der Waals surface area contributed by atoms with Crippen LogP contribution in [0, 0.1) is 11.8 Å². The molecule has 0 aromatic heterocycles. The summed E-state index contributed by atoms with van der Waals surface area (Å²) < 4.78 is 0. The Bertz CT molecular complexity index is 291. The van der Waals surface area contributed by atoms with Crippen molar-refractivity contribution in [1.82, 2.24) is 10.2 Å². The van der Waals surface area contributed by atoms with Crippen molar-refractivity contribution in [1.29, 1.82) is 0 Å². The van der Waals surface area contributed by atoms with E-state index in [1.54, 1.807) is 11.8 Å². The van der Waals surface area contributed by atoms with E-state index in [-0.39, 0.29) is 6.03 Å². The van der Waals surface area contributed by atoms with Crippen molar-refractivity contribution < 1.29 is 14.7 Å². The molecule has 2 N–H and O–H groups in total. The fraction of sp³-hybridized carbons (Fsp3) is 0.833. The number of carboxylic acids is 1. The smallest absolute Gasteiger partial charge is 0.326 e. The number of hydrogen-bond donors (Lipinski definition) is 2. The quantitative estimate of drug-likeness (QED) is 0.785. The summed E-state index contributed by atoms with van der Waals surface area (Å²) in [6, 6.07) is -1.03. The lowest BCUT2D eigenvalue weighted by atomic mass is 9.95. The first-order valence-corrected chi connectivity index (χ1v) is 6.24. The molecule has 1 heterocycles. The van der Waals surface area contributed by atoms with Gasteiger partial charge < -0.3 is 15.3 Å². The third-order valence-corrected chi connectivity index (χ3v) is 3.46. The van der Waals surface area contributed by atoms with Crippen LogP contribution >= 0.6 is 0 Å². The Hall–Kier alpha value is -1.26. The molecule has 1 aliphatic rings. The van der Waals surface area contributed by atoms with Crippen LogP contribution in [0.25, 0.3) is 0 Å². The van der Waals surface area contributed by atoms with Gasteiger partial charge in [0.1, 0.15) is 6.04 Å². The molecule has 0 aromatic rings. The lowest BCUT2D eigenvalue weighted by Crippen LogP contribution is -2.47. The van der Waals surface area contributed by atoms with E-state index < -0.39 is 12.0 Å². The van der Waals surface area contributed by atoms with Crippen LogP contribution in [0.3, 0.4) is 0 Å². The van der Waals surface area contributed by atoms with E-state index in [4.69, 9.17) is 5.11 Å². The number of aliphatic carboxylic acids is 1. The number of hydrogen-bond acceptors (Lipinski definition) is 2. The highest BCUT2D eigenvalue weighted by Gasteiger charge is 2.29. The molecule has 1 unspecified atom stereocenters. The third-order valence-electron chi connectivity index (χ3n) is 3.46. The number of rotatable bonds is 4. The predicted molar refractivity (Wildman–Crippen MR) is 64.8 cm³/mol. The summed E-state index contributed by atoms with van der Waals surface area (Å²) in [5.74, 6) is 0.125. The van der Waals surface area contributed by atoms with Crippen LogP contribution in [0.15, 0.2) is 0 Å². The van der Waals surface area contributed by atoms with Gasteiger partial charge in [-0.3, -0.25) is 0 Å². The summed E-state index contributed by atoms with van der Waals surface area (Å²) in [4.78, 5) is 24.4. The third kappa shape index (κ3) is 3.61. The lowest BCUT2D eigenvalue weighted by molar-refractivity contribution is -0.139. The normalized spacial score (nSPS) is 21.6. The van der Waals surface area contributed by atoms with Gasteiger partial charge in [-0.2, -0.15) is 0 Å². The van der Waals surface area contributed by atoms with Crippen LogP contribution in [0.5, 0.6) is 0 Å². The highest BCUT2D eigenvalue weighted by Crippen LogP contribution is 2.23. The van der Waals surface area contributed by atoms with Gasteiger partial charge in [0.2, 0.25) is 0 Å². The Morgan fingerprint density at radius 3 is 2.53 bits per heavy atom. The summed E-state index contributed by atoms with van der Waals surface area (Å²) in [7, 11) is 0. The van der Waals surface area contributed by atoms with E-state index in [1.165, 1.54) is 0 Å². The number of nitrogens with one attached hydrogen (secondary N) is 1. The minimum Gasteiger partial charge on any atom is -0.480 e. The molecule has 5 heteroatoms. The van der Waals surface area contributed by atoms with E-state index in [0.717, 1.165) is 19.5 Å². The zero-order valence-corrected chi connectivity index (χ0v) is 10.8. The number of urea groups is 1. The molecule has 0 aromatic carbocycles. The highest BCUT2D eigenvalue weighted by atomic mass is 16.4. The topological polar surface area (TPSA) is 69.6 Å². The summed E-state index contributed by atoms with van der Waals surface area (Å²) in [5.41, 5.74) is 0. The van der Waals surface area contributed by atoms with Crippen molar-refractivity contribution in [2.45, 2.75) is 39.7 Å². The Balaban J connectivity index is 2.47. The van der Waals surface area contributed by atoms with Crippen molar-refractivity contribution in [3.05, 3.63) is 0 Å². The first kappa shape index (κ1) is 13.8. The van der Waals surface area contributed by atoms with Crippen LogP contribution in [0.2, 0.25) is 0 Å². The van der Waals surface area contributed by atoms with Gasteiger partial charge in [0, 0.05) is 13.1 Å². The molecule has 0 radical (unpaired) electrons. The minimum atomic E-state index is -0.972. The van der Waals surface area contributed by atoms with Gasteiger partial charge in [-0.15, -0.1) is 0 Å². The predicted octanol–water partition coefficient (Wildman–Crippen LogP) is 1.54. The molecule has 0 saturated carbocycles. The molecule has 2 atom stereocenters. The molecular weight excluding hydrogens is 220 g/mol. The summed E-state index contributed by atoms with van der Waals surface area (Å²) in [6.45, 7) is 7.51. The maximum Gasteiger partial charge on any atom is 0.326 e. The maximum atomic E-state index is 11.8. The van der Waals surface area contributed by atoms with Gasteiger partial charge in [-0.1, -0.05) is 20.8 Å². The molecule has 2 amide bonds. The van der Waals surface area contributed by atoms with E-state index in [0.29, 0.717) is 18.3 Å². The van der Waals surface area contributed by atoms with E-state index >= 15 is 0 Å². The van der Waals surface area contributed by atoms with Gasteiger partial charge in [-0.05, 0) is 24.7 Å². The average Bonchev–Trinajstić information content (AvgIpc) is 2.74. The summed E-state index contributed by atoms with van der Waals surface area (Å²) >= 11 is 0. The molecule has 1 fully saturated rings. The van der Waals surface area contributed by atoms with Crippen molar-refractivity contribution in [3.63, 3.8) is 0 Å². The van der Waals surface area contributed by atoms with Crippen molar-refractivity contribution in [2.75, 3.05) is 13.1 Å². The number of carboxylic acid groups (broad SMARTS) is 1. The van der Waals surface area contributed by atoms with E-state index in [2.05, 4.69) is 19.2 Å². The van der Waals surface area contributed by atoms with Crippen molar-refractivity contribution in [2.24, 2.45) is 11.8 Å². The molecule has 0 spiro atoms. The fourth-order valence-corrected chi connectivity index (χ4v) is 2.09. The Morgan fingerprint density at radius 1 is 1.47 bits per heavy atom. The molecule has 0 bridgehead atoms. The molecule has 5 nitrogen and oxygen atoms in total. The first-order chi connectivity index (χ1) is 7.95. The Labute approximate surface area is 102 Å². The van der Waals surface area contributed by atoms with Gasteiger partial charge in [0.15, 0.2) is 0 Å². The maximum absolute atomic E-state index is 11.8. The van der Waals surface area contributed by atoms with Gasteiger partial charge >= 0.3 is 12.0 Å². The minimum absolute atomic E-state index is 0.248. The molecular formula is C12H22N2O3. The zero-order valence-electron chi connectivity index (χ0n) is 10.8. The van der Waals surface area contributed by atoms with Crippen LogP contribution in [-0.2, 0) is 4.79 Å². The highest BCUT2D eigenvalue weighted by molar-refractivity contribution is 5.82. The summed E-state index contributed by atoms with van der Waals surface area (Å²) in [5, 5.41) is 11.4. The monoisotopic (exact) mass is 242 g/mol. The van der Waals surface area contributed by atoms with Crippen LogP contribution < -0.4 is 5.32 Å². The first-order valence-electron chi connectivity index (χ1n) is 6.24. The SMILES string of the molecule is CC[C@@H](NC(=O)N1CCC(C(C)C)C1)C(=O)O. The van der Waals surface area contributed by atoms with Crippen molar-refractivity contribution >= 4 is 12.0 Å². The van der Waals surface area contributed by atoms with Gasteiger partial charge in [0.25, 0.3) is 0 Å². The van der Waals surface area contributed by atoms with E-state index in [1.807, 2.05) is 0 Å². The Morgan fingerprint density at radius 2 is 2.12 bits per heavy atom. The second-order valence-corrected chi connectivity index (χ2v) is 4.99. The molecule has 98 valence electrons. The Kier molecular flexibility index (Phi) is 4.78. The standard InChI is InChI=1S/C12H22N2O3/c1-4-10(11(15)16)13-12(17)14-6-5-9(7-14)8(2)3/h8-10H,4-7H2,1-3H3,(H,13,17)(H,15,16)/t9?,10-/m1/s1. The van der Waals surface area contributed by atoms with Gasteiger partial charge in [0.05, 0.1) is 0 Å². The number of carbonyl (C=O) groups is 2. The fourth-order valence-electron chi connectivity index (χ4n) is 2.09. The van der Waals surface area contributed by atoms with Crippen LogP contribution in [0.1, 0.15) is 33.6 Å². The largest absolute Gasteiger partial charge is 0.480 e. The van der Waals surface area contributed by atoms with Crippen molar-refractivity contribution in [3.8, 4) is 0 Å². The number of nitrogens with zero attached hydrogens (tertiary/aromatic N) is 1. The number of amides is 2. The molecule has 1 rings (SSSR count). The molecule has 17 heavy (non-hydrogen) atoms. The summed E-state index contributed by atoms with van der Waals surface area (Å²) in [6.07, 6.45) is 1.41. The number of carbonyl (C=O) groups excluding carboxylic acids is 1. The molecule has 1 saturated heterocycles. The average molecular weight is 242 g/mol. The number of likely N-dealkylation sites (tertiary alicyclic amines) is 1. The van der Waals surface area contributed by atoms with Crippen LogP contribution in [-0.4, -0.2) is 41.1 Å². The van der Waals surface area contributed by atoms with Gasteiger partial charge in [-0.25, -0.2) is 9.59 Å². The second kappa shape index (κ2) is 5.89. The molecule has 0 aliphatic carbocycles. The van der Waals surface area contributed by atoms with E-state index in [9.17, 15) is 9.59 Å². The zero-order chi connectivity index (χ0) is 13.0.